The van der Waals surface area contributed by atoms with Gasteiger partial charge in [0.2, 0.25) is 5.91 Å². The van der Waals surface area contributed by atoms with E-state index < -0.39 is 5.97 Å². The number of carbonyl (C=O) groups excluding carboxylic acids is 1. The van der Waals surface area contributed by atoms with Crippen LogP contribution >= 0.6 is 0 Å². The number of rotatable bonds is 9. The van der Waals surface area contributed by atoms with Crippen LogP contribution in [0.5, 0.6) is 0 Å². The number of hydrogen-bond acceptors (Lipinski definition) is 2. The predicted molar refractivity (Wildman–Crippen MR) is 90.1 cm³/mol. The number of benzene rings is 1. The van der Waals surface area contributed by atoms with Gasteiger partial charge in [0.05, 0.1) is 6.42 Å². The molecule has 1 aliphatic heterocycles. The van der Waals surface area contributed by atoms with E-state index >= 15 is 0 Å². The van der Waals surface area contributed by atoms with Crippen LogP contribution in [0.4, 0.5) is 0 Å². The second kappa shape index (κ2) is 9.13. The molecule has 0 spiro atoms. The SMILES string of the molecule is O=C(O)CC1=CCCN(CCCCCCc2ccccc2)C1=O. The van der Waals surface area contributed by atoms with Crippen LogP contribution in [-0.4, -0.2) is 35.0 Å². The van der Waals surface area contributed by atoms with Gasteiger partial charge >= 0.3 is 5.97 Å². The molecule has 0 saturated carbocycles. The molecule has 1 aliphatic rings. The van der Waals surface area contributed by atoms with Crippen molar-refractivity contribution in [3.63, 3.8) is 0 Å². The first-order chi connectivity index (χ1) is 11.2. The molecule has 1 amide bonds. The number of nitrogens with zero attached hydrogens (tertiary/aromatic N) is 1. The van der Waals surface area contributed by atoms with Gasteiger partial charge in [-0.1, -0.05) is 49.2 Å². The van der Waals surface area contributed by atoms with E-state index in [0.717, 1.165) is 38.6 Å². The van der Waals surface area contributed by atoms with Gasteiger partial charge in [-0.25, -0.2) is 0 Å². The molecule has 1 heterocycles. The number of aryl methyl sites for hydroxylation is 1. The fourth-order valence-electron chi connectivity index (χ4n) is 2.94. The largest absolute Gasteiger partial charge is 0.481 e. The Morgan fingerprint density at radius 2 is 1.83 bits per heavy atom. The van der Waals surface area contributed by atoms with Gasteiger partial charge in [-0.2, -0.15) is 0 Å². The molecule has 1 aromatic rings. The number of amides is 1. The molecule has 0 radical (unpaired) electrons. The molecular formula is C19H25NO3. The molecule has 23 heavy (non-hydrogen) atoms. The summed E-state index contributed by atoms with van der Waals surface area (Å²) in [5.74, 6) is -1.03. The Bertz CT molecular complexity index is 551. The lowest BCUT2D eigenvalue weighted by molar-refractivity contribution is -0.138. The van der Waals surface area contributed by atoms with Crippen LogP contribution in [0.3, 0.4) is 0 Å². The highest BCUT2D eigenvalue weighted by atomic mass is 16.4. The van der Waals surface area contributed by atoms with E-state index in [9.17, 15) is 9.59 Å². The smallest absolute Gasteiger partial charge is 0.308 e. The Balaban J connectivity index is 1.62. The third-order valence-electron chi connectivity index (χ3n) is 4.18. The van der Waals surface area contributed by atoms with Gasteiger partial charge in [0, 0.05) is 18.7 Å². The molecule has 0 bridgehead atoms. The summed E-state index contributed by atoms with van der Waals surface area (Å²) in [6.07, 6.45) is 7.91. The Labute approximate surface area is 137 Å². The van der Waals surface area contributed by atoms with Gasteiger partial charge in [0.25, 0.3) is 0 Å². The Kier molecular flexibility index (Phi) is 6.85. The Morgan fingerprint density at radius 3 is 2.57 bits per heavy atom. The third-order valence-corrected chi connectivity index (χ3v) is 4.18. The van der Waals surface area contributed by atoms with Crippen molar-refractivity contribution in [2.75, 3.05) is 13.1 Å². The molecule has 1 aromatic carbocycles. The van der Waals surface area contributed by atoms with Crippen molar-refractivity contribution in [1.82, 2.24) is 4.90 Å². The number of carboxylic acids is 1. The van der Waals surface area contributed by atoms with Gasteiger partial charge in [-0.05, 0) is 31.2 Å². The Morgan fingerprint density at radius 1 is 1.09 bits per heavy atom. The van der Waals surface area contributed by atoms with Crippen molar-refractivity contribution >= 4 is 11.9 Å². The van der Waals surface area contributed by atoms with Crippen LogP contribution in [0, 0.1) is 0 Å². The lowest BCUT2D eigenvalue weighted by Gasteiger charge is -2.26. The summed E-state index contributed by atoms with van der Waals surface area (Å²) in [7, 11) is 0. The third kappa shape index (κ3) is 5.89. The summed E-state index contributed by atoms with van der Waals surface area (Å²) in [6.45, 7) is 1.45. The first kappa shape index (κ1) is 17.3. The highest BCUT2D eigenvalue weighted by Gasteiger charge is 2.22. The van der Waals surface area contributed by atoms with Crippen molar-refractivity contribution < 1.29 is 14.7 Å². The quantitative estimate of drug-likeness (QED) is 0.710. The normalized spacial score (nSPS) is 14.7. The zero-order valence-electron chi connectivity index (χ0n) is 13.5. The van der Waals surface area contributed by atoms with Crippen molar-refractivity contribution in [2.45, 2.75) is 44.9 Å². The molecule has 4 heteroatoms. The van der Waals surface area contributed by atoms with Gasteiger partial charge in [-0.15, -0.1) is 0 Å². The molecule has 2 rings (SSSR count). The number of aliphatic carboxylic acids is 1. The number of unbranched alkanes of at least 4 members (excludes halogenated alkanes) is 3. The van der Waals surface area contributed by atoms with E-state index in [1.807, 2.05) is 6.07 Å². The predicted octanol–water partition coefficient (Wildman–Crippen LogP) is 3.42. The highest BCUT2D eigenvalue weighted by molar-refractivity contribution is 5.98. The van der Waals surface area contributed by atoms with E-state index in [1.54, 1.807) is 11.0 Å². The lowest BCUT2D eigenvalue weighted by Crippen LogP contribution is -2.37. The van der Waals surface area contributed by atoms with Crippen LogP contribution < -0.4 is 0 Å². The first-order valence-corrected chi connectivity index (χ1v) is 8.41. The van der Waals surface area contributed by atoms with Crippen molar-refractivity contribution in [2.24, 2.45) is 0 Å². The number of carboxylic acid groups (broad SMARTS) is 1. The second-order valence-corrected chi connectivity index (χ2v) is 6.03. The summed E-state index contributed by atoms with van der Waals surface area (Å²) in [5.41, 5.74) is 1.81. The molecule has 0 saturated heterocycles. The van der Waals surface area contributed by atoms with Crippen LogP contribution in [-0.2, 0) is 16.0 Å². The average Bonchev–Trinajstić information content (AvgIpc) is 2.54. The second-order valence-electron chi connectivity index (χ2n) is 6.03. The van der Waals surface area contributed by atoms with Crippen LogP contribution in [0.25, 0.3) is 0 Å². The van der Waals surface area contributed by atoms with E-state index in [-0.39, 0.29) is 12.3 Å². The van der Waals surface area contributed by atoms with Gasteiger partial charge < -0.3 is 10.0 Å². The van der Waals surface area contributed by atoms with Crippen LogP contribution in [0.2, 0.25) is 0 Å². The monoisotopic (exact) mass is 315 g/mol. The first-order valence-electron chi connectivity index (χ1n) is 8.41. The minimum absolute atomic E-state index is 0.0945. The van der Waals surface area contributed by atoms with Crippen molar-refractivity contribution in [1.29, 1.82) is 0 Å². The van der Waals surface area contributed by atoms with E-state index in [0.29, 0.717) is 12.1 Å². The standard InChI is InChI=1S/C19H25NO3/c21-18(22)15-17-12-8-14-20(19(17)23)13-7-2-1-4-9-16-10-5-3-6-11-16/h3,5-6,10-12H,1-2,4,7-9,13-15H2,(H,21,22). The van der Waals surface area contributed by atoms with Crippen molar-refractivity contribution in [3.8, 4) is 0 Å². The molecule has 0 atom stereocenters. The number of carbonyl (C=O) groups is 2. The minimum atomic E-state index is -0.938. The summed E-state index contributed by atoms with van der Waals surface area (Å²) in [6, 6.07) is 10.5. The molecule has 4 nitrogen and oxygen atoms in total. The fraction of sp³-hybridized carbons (Fsp3) is 0.474. The van der Waals surface area contributed by atoms with Crippen LogP contribution in [0.15, 0.2) is 42.0 Å². The molecule has 0 aromatic heterocycles. The molecule has 0 unspecified atom stereocenters. The molecule has 0 aliphatic carbocycles. The number of hydrogen-bond donors (Lipinski definition) is 1. The molecular weight excluding hydrogens is 290 g/mol. The zero-order valence-corrected chi connectivity index (χ0v) is 13.5. The average molecular weight is 315 g/mol. The van der Waals surface area contributed by atoms with Crippen LogP contribution in [0.1, 0.15) is 44.1 Å². The lowest BCUT2D eigenvalue weighted by atomic mass is 10.0. The maximum Gasteiger partial charge on any atom is 0.308 e. The van der Waals surface area contributed by atoms with Crippen molar-refractivity contribution in [3.05, 3.63) is 47.5 Å². The van der Waals surface area contributed by atoms with Gasteiger partial charge in [0.15, 0.2) is 0 Å². The minimum Gasteiger partial charge on any atom is -0.481 e. The Hall–Kier alpha value is -2.10. The van der Waals surface area contributed by atoms with E-state index in [1.165, 1.54) is 12.0 Å². The van der Waals surface area contributed by atoms with E-state index in [2.05, 4.69) is 24.3 Å². The topological polar surface area (TPSA) is 57.6 Å². The summed E-state index contributed by atoms with van der Waals surface area (Å²) < 4.78 is 0. The van der Waals surface area contributed by atoms with Gasteiger partial charge in [0.1, 0.15) is 0 Å². The molecule has 1 N–H and O–H groups in total. The summed E-state index contributed by atoms with van der Waals surface area (Å²) >= 11 is 0. The van der Waals surface area contributed by atoms with Gasteiger partial charge in [-0.3, -0.25) is 9.59 Å². The fourth-order valence-corrected chi connectivity index (χ4v) is 2.94. The summed E-state index contributed by atoms with van der Waals surface area (Å²) in [5, 5.41) is 8.83. The highest BCUT2D eigenvalue weighted by Crippen LogP contribution is 2.16. The summed E-state index contributed by atoms with van der Waals surface area (Å²) in [4.78, 5) is 24.7. The van der Waals surface area contributed by atoms with E-state index in [4.69, 9.17) is 5.11 Å². The zero-order chi connectivity index (χ0) is 16.5. The molecule has 0 fully saturated rings. The maximum atomic E-state index is 12.2. The maximum absolute atomic E-state index is 12.2. The molecule has 124 valence electrons.